The van der Waals surface area contributed by atoms with Gasteiger partial charge in [0.05, 0.1) is 12.7 Å². The van der Waals surface area contributed by atoms with Crippen molar-refractivity contribution in [2.75, 3.05) is 33.3 Å². The van der Waals surface area contributed by atoms with Crippen molar-refractivity contribution in [3.05, 3.63) is 34.9 Å². The number of hydrogen-bond acceptors (Lipinski definition) is 3. The number of hydrogen-bond donors (Lipinski definition) is 1. The first kappa shape index (κ1) is 13.8. The van der Waals surface area contributed by atoms with E-state index in [1.54, 1.807) is 0 Å². The van der Waals surface area contributed by atoms with E-state index >= 15 is 0 Å². The highest BCUT2D eigenvalue weighted by molar-refractivity contribution is 6.30. The average Bonchev–Trinajstić information content (AvgIpc) is 2.36. The highest BCUT2D eigenvalue weighted by Gasteiger charge is 2.18. The fourth-order valence-electron chi connectivity index (χ4n) is 2.19. The number of nitrogens with one attached hydrogen (secondary N) is 1. The van der Waals surface area contributed by atoms with E-state index in [0.717, 1.165) is 31.3 Å². The second-order valence-corrected chi connectivity index (χ2v) is 5.38. The number of morpholine rings is 1. The Labute approximate surface area is 114 Å². The van der Waals surface area contributed by atoms with Crippen LogP contribution in [0.15, 0.2) is 24.3 Å². The van der Waals surface area contributed by atoms with Crippen LogP contribution >= 0.6 is 11.6 Å². The molecule has 0 amide bonds. The minimum Gasteiger partial charge on any atom is -0.374 e. The second-order valence-electron chi connectivity index (χ2n) is 4.94. The number of ether oxygens (including phenoxy) is 1. The van der Waals surface area contributed by atoms with E-state index in [9.17, 15) is 0 Å². The van der Waals surface area contributed by atoms with Gasteiger partial charge in [-0.3, -0.25) is 0 Å². The zero-order valence-corrected chi connectivity index (χ0v) is 11.8. The average molecular weight is 269 g/mol. The quantitative estimate of drug-likeness (QED) is 0.907. The molecule has 1 saturated heterocycles. The Morgan fingerprint density at radius 3 is 3.11 bits per heavy atom. The van der Waals surface area contributed by atoms with Crippen molar-refractivity contribution in [2.24, 2.45) is 0 Å². The zero-order chi connectivity index (χ0) is 13.0. The molecular formula is C14H21ClN2O. The van der Waals surface area contributed by atoms with Crippen LogP contribution in [0, 0.1) is 0 Å². The Hall–Kier alpha value is -0.610. The summed E-state index contributed by atoms with van der Waals surface area (Å²) in [5.41, 5.74) is 1.21. The molecule has 100 valence electrons. The molecule has 1 N–H and O–H groups in total. The van der Waals surface area contributed by atoms with Gasteiger partial charge in [0.15, 0.2) is 0 Å². The summed E-state index contributed by atoms with van der Waals surface area (Å²) in [7, 11) is 2.13. The molecule has 1 aromatic carbocycles. The summed E-state index contributed by atoms with van der Waals surface area (Å²) in [6, 6.07) is 8.28. The summed E-state index contributed by atoms with van der Waals surface area (Å²) in [5.74, 6) is 0. The molecule has 0 spiro atoms. The van der Waals surface area contributed by atoms with Crippen molar-refractivity contribution in [3.8, 4) is 0 Å². The van der Waals surface area contributed by atoms with Crippen molar-refractivity contribution in [2.45, 2.75) is 19.1 Å². The van der Waals surface area contributed by atoms with Gasteiger partial charge in [0.25, 0.3) is 0 Å². The molecular weight excluding hydrogens is 248 g/mol. The third-order valence-corrected chi connectivity index (χ3v) is 3.58. The minimum absolute atomic E-state index is 0.283. The number of halogens is 1. The first-order valence-corrected chi connectivity index (χ1v) is 6.82. The van der Waals surface area contributed by atoms with E-state index in [1.165, 1.54) is 5.56 Å². The van der Waals surface area contributed by atoms with Crippen molar-refractivity contribution in [1.82, 2.24) is 10.2 Å². The van der Waals surface area contributed by atoms with Crippen LogP contribution in [0.1, 0.15) is 18.5 Å². The van der Waals surface area contributed by atoms with E-state index < -0.39 is 0 Å². The second kappa shape index (κ2) is 6.53. The van der Waals surface area contributed by atoms with Gasteiger partial charge in [0.2, 0.25) is 0 Å². The maximum absolute atomic E-state index is 6.00. The maximum Gasteiger partial charge on any atom is 0.0826 e. The van der Waals surface area contributed by atoms with Gasteiger partial charge in [-0.25, -0.2) is 0 Å². The lowest BCUT2D eigenvalue weighted by Gasteiger charge is -2.31. The highest BCUT2D eigenvalue weighted by Crippen LogP contribution is 2.17. The molecule has 0 aromatic heterocycles. The van der Waals surface area contributed by atoms with Crippen LogP contribution < -0.4 is 5.32 Å². The van der Waals surface area contributed by atoms with E-state index in [2.05, 4.69) is 30.3 Å². The standard InChI is InChI=1S/C14H21ClN2O/c1-11(12-4-3-5-13(15)8-12)16-9-14-10-17(2)6-7-18-14/h3-5,8,11,14,16H,6-7,9-10H2,1-2H3/t11-,14-/m1/s1. The van der Waals surface area contributed by atoms with Crippen LogP contribution in [0.5, 0.6) is 0 Å². The molecule has 0 aliphatic carbocycles. The molecule has 3 nitrogen and oxygen atoms in total. The molecule has 1 heterocycles. The molecule has 1 fully saturated rings. The summed E-state index contributed by atoms with van der Waals surface area (Å²) < 4.78 is 5.73. The van der Waals surface area contributed by atoms with Crippen LogP contribution in [0.2, 0.25) is 5.02 Å². The molecule has 1 aliphatic rings. The third kappa shape index (κ3) is 3.95. The molecule has 4 heteroatoms. The van der Waals surface area contributed by atoms with Crippen molar-refractivity contribution in [1.29, 1.82) is 0 Å². The number of nitrogens with zero attached hydrogens (tertiary/aromatic N) is 1. The summed E-state index contributed by atoms with van der Waals surface area (Å²) in [5, 5.41) is 4.29. The zero-order valence-electron chi connectivity index (χ0n) is 11.0. The van der Waals surface area contributed by atoms with Crippen LogP contribution in [0.4, 0.5) is 0 Å². The van der Waals surface area contributed by atoms with Gasteiger partial charge in [-0.05, 0) is 31.7 Å². The first-order valence-electron chi connectivity index (χ1n) is 6.44. The Morgan fingerprint density at radius 2 is 2.39 bits per heavy atom. The molecule has 0 radical (unpaired) electrons. The number of benzene rings is 1. The molecule has 1 aromatic rings. The lowest BCUT2D eigenvalue weighted by Crippen LogP contribution is -2.45. The largest absolute Gasteiger partial charge is 0.374 e. The SMILES string of the molecule is C[C@@H](NC[C@@H]1CN(C)CCO1)c1cccc(Cl)c1. The Kier molecular flexibility index (Phi) is 5.01. The maximum atomic E-state index is 6.00. The summed E-state index contributed by atoms with van der Waals surface area (Å²) in [6.45, 7) is 5.88. The Balaban J connectivity index is 1.82. The predicted molar refractivity (Wildman–Crippen MR) is 75.1 cm³/mol. The van der Waals surface area contributed by atoms with E-state index in [-0.39, 0.29) is 6.10 Å². The van der Waals surface area contributed by atoms with Gasteiger partial charge in [-0.2, -0.15) is 0 Å². The van der Waals surface area contributed by atoms with Crippen LogP contribution in [0.3, 0.4) is 0 Å². The minimum atomic E-state index is 0.283. The van der Waals surface area contributed by atoms with E-state index in [1.807, 2.05) is 18.2 Å². The van der Waals surface area contributed by atoms with E-state index in [4.69, 9.17) is 16.3 Å². The fraction of sp³-hybridized carbons (Fsp3) is 0.571. The van der Waals surface area contributed by atoms with Gasteiger partial charge in [-0.15, -0.1) is 0 Å². The molecule has 18 heavy (non-hydrogen) atoms. The highest BCUT2D eigenvalue weighted by atomic mass is 35.5. The van der Waals surface area contributed by atoms with Gasteiger partial charge in [-0.1, -0.05) is 23.7 Å². The lowest BCUT2D eigenvalue weighted by atomic mass is 10.1. The topological polar surface area (TPSA) is 24.5 Å². The van der Waals surface area contributed by atoms with Crippen molar-refractivity contribution >= 4 is 11.6 Å². The molecule has 2 rings (SSSR count). The molecule has 0 bridgehead atoms. The van der Waals surface area contributed by atoms with Crippen molar-refractivity contribution < 1.29 is 4.74 Å². The third-order valence-electron chi connectivity index (χ3n) is 3.34. The Bertz CT molecular complexity index is 386. The van der Waals surface area contributed by atoms with Gasteiger partial charge < -0.3 is 15.0 Å². The monoisotopic (exact) mass is 268 g/mol. The normalized spacial score (nSPS) is 22.9. The van der Waals surface area contributed by atoms with Crippen LogP contribution in [-0.2, 0) is 4.74 Å². The molecule has 1 aliphatic heterocycles. The van der Waals surface area contributed by atoms with Crippen LogP contribution in [0.25, 0.3) is 0 Å². The predicted octanol–water partition coefficient (Wildman–Crippen LogP) is 2.32. The van der Waals surface area contributed by atoms with Crippen LogP contribution in [-0.4, -0.2) is 44.3 Å². The molecule has 2 atom stereocenters. The Morgan fingerprint density at radius 1 is 1.56 bits per heavy atom. The summed E-state index contributed by atoms with van der Waals surface area (Å²) in [6.07, 6.45) is 0.283. The molecule has 0 unspecified atom stereocenters. The number of rotatable bonds is 4. The lowest BCUT2D eigenvalue weighted by molar-refractivity contribution is -0.0190. The van der Waals surface area contributed by atoms with E-state index in [0.29, 0.717) is 6.04 Å². The smallest absolute Gasteiger partial charge is 0.0826 e. The van der Waals surface area contributed by atoms with Crippen molar-refractivity contribution in [3.63, 3.8) is 0 Å². The summed E-state index contributed by atoms with van der Waals surface area (Å²) in [4.78, 5) is 2.31. The van der Waals surface area contributed by atoms with Gasteiger partial charge in [0.1, 0.15) is 0 Å². The fourth-order valence-corrected chi connectivity index (χ4v) is 2.39. The first-order chi connectivity index (χ1) is 8.65. The van der Waals surface area contributed by atoms with Gasteiger partial charge in [0, 0.05) is 30.7 Å². The summed E-state index contributed by atoms with van der Waals surface area (Å²) >= 11 is 6.00. The molecule has 0 saturated carbocycles. The number of likely N-dealkylation sites (N-methyl/N-ethyl adjacent to an activating group) is 1. The van der Waals surface area contributed by atoms with Gasteiger partial charge >= 0.3 is 0 Å².